The van der Waals surface area contributed by atoms with Crippen LogP contribution in [-0.2, 0) is 4.79 Å². The quantitative estimate of drug-likeness (QED) is 0.743. The van der Waals surface area contributed by atoms with Gasteiger partial charge in [-0.25, -0.2) is 0 Å². The fourth-order valence-electron chi connectivity index (χ4n) is 3.69. The molecule has 1 amide bonds. The number of amides is 1. The van der Waals surface area contributed by atoms with E-state index in [1.54, 1.807) is 0 Å². The number of nitrogens with one attached hydrogen (secondary N) is 1. The molecule has 0 radical (unpaired) electrons. The number of rotatable bonds is 7. The predicted octanol–water partition coefficient (Wildman–Crippen LogP) is 1.53. The molecule has 0 spiro atoms. The number of hydrogen-bond acceptors (Lipinski definition) is 3. The first-order valence-electron chi connectivity index (χ1n) is 8.42. The monoisotopic (exact) mass is 280 g/mol. The Morgan fingerprint density at radius 3 is 2.45 bits per heavy atom. The van der Waals surface area contributed by atoms with Crippen LogP contribution in [0.15, 0.2) is 0 Å². The third kappa shape index (κ3) is 3.73. The molecule has 114 valence electrons. The Morgan fingerprint density at radius 2 is 1.85 bits per heavy atom. The van der Waals surface area contributed by atoms with Crippen molar-refractivity contribution in [3.8, 4) is 0 Å². The smallest absolute Gasteiger partial charge is 0.234 e. The summed E-state index contributed by atoms with van der Waals surface area (Å²) in [5.41, 5.74) is 0. The molecule has 1 saturated heterocycles. The highest BCUT2D eigenvalue weighted by atomic mass is 16.3. The molecular weight excluding hydrogens is 252 g/mol. The van der Waals surface area contributed by atoms with Crippen molar-refractivity contribution in [1.29, 1.82) is 0 Å². The number of nitrogens with zero attached hydrogens (tertiary/aromatic N) is 1. The summed E-state index contributed by atoms with van der Waals surface area (Å²) in [6.45, 7) is 1.77. The molecule has 1 heterocycles. The third-order valence-corrected chi connectivity index (χ3v) is 5.15. The Balaban J connectivity index is 1.48. The first-order valence-corrected chi connectivity index (χ1v) is 8.42. The van der Waals surface area contributed by atoms with Gasteiger partial charge in [0, 0.05) is 18.7 Å². The lowest BCUT2D eigenvalue weighted by Gasteiger charge is -2.35. The SMILES string of the molecule is O=C(CN1CCCC[C@H]1CCO)NC(C1CC1)C1CC1. The molecule has 4 heteroatoms. The van der Waals surface area contributed by atoms with Crippen molar-refractivity contribution < 1.29 is 9.90 Å². The summed E-state index contributed by atoms with van der Waals surface area (Å²) in [5, 5.41) is 12.5. The van der Waals surface area contributed by atoms with E-state index in [4.69, 9.17) is 5.11 Å². The number of piperidine rings is 1. The number of aliphatic hydroxyl groups is 1. The average Bonchev–Trinajstić information content (AvgIpc) is 3.31. The van der Waals surface area contributed by atoms with E-state index in [2.05, 4.69) is 10.2 Å². The molecule has 2 saturated carbocycles. The predicted molar refractivity (Wildman–Crippen MR) is 78.3 cm³/mol. The van der Waals surface area contributed by atoms with Crippen LogP contribution in [0.1, 0.15) is 51.4 Å². The summed E-state index contributed by atoms with van der Waals surface area (Å²) in [4.78, 5) is 14.6. The fourth-order valence-corrected chi connectivity index (χ4v) is 3.69. The first kappa shape index (κ1) is 14.3. The molecular formula is C16H28N2O2. The summed E-state index contributed by atoms with van der Waals surface area (Å²) in [5.74, 6) is 1.74. The number of carbonyl (C=O) groups is 1. The van der Waals surface area contributed by atoms with E-state index in [1.165, 1.54) is 38.5 Å². The minimum Gasteiger partial charge on any atom is -0.396 e. The van der Waals surface area contributed by atoms with Gasteiger partial charge in [0.25, 0.3) is 0 Å². The summed E-state index contributed by atoms with van der Waals surface area (Å²) in [6, 6.07) is 0.864. The van der Waals surface area contributed by atoms with E-state index in [9.17, 15) is 4.79 Å². The summed E-state index contributed by atoms with van der Waals surface area (Å²) in [6.07, 6.45) is 9.57. The van der Waals surface area contributed by atoms with Crippen LogP contribution in [0.3, 0.4) is 0 Å². The van der Waals surface area contributed by atoms with Crippen molar-refractivity contribution in [1.82, 2.24) is 10.2 Å². The summed E-state index contributed by atoms with van der Waals surface area (Å²) in [7, 11) is 0. The third-order valence-electron chi connectivity index (χ3n) is 5.15. The molecule has 1 aliphatic heterocycles. The second-order valence-electron chi connectivity index (χ2n) is 6.90. The second kappa shape index (κ2) is 6.44. The highest BCUT2D eigenvalue weighted by molar-refractivity contribution is 5.78. The fraction of sp³-hybridized carbons (Fsp3) is 0.938. The lowest BCUT2D eigenvalue weighted by Crippen LogP contribution is -2.48. The molecule has 0 aromatic heterocycles. The molecule has 4 nitrogen and oxygen atoms in total. The van der Waals surface area contributed by atoms with E-state index in [0.29, 0.717) is 18.6 Å². The number of carbonyl (C=O) groups excluding carboxylic acids is 1. The largest absolute Gasteiger partial charge is 0.396 e. The van der Waals surface area contributed by atoms with Gasteiger partial charge in [-0.2, -0.15) is 0 Å². The minimum absolute atomic E-state index is 0.207. The van der Waals surface area contributed by atoms with Crippen molar-refractivity contribution in [2.45, 2.75) is 63.5 Å². The number of aliphatic hydroxyl groups excluding tert-OH is 1. The highest BCUT2D eigenvalue weighted by Gasteiger charge is 2.42. The van der Waals surface area contributed by atoms with Crippen LogP contribution in [0, 0.1) is 11.8 Å². The summed E-state index contributed by atoms with van der Waals surface area (Å²) >= 11 is 0. The van der Waals surface area contributed by atoms with Crippen LogP contribution in [0.5, 0.6) is 0 Å². The van der Waals surface area contributed by atoms with Crippen LogP contribution in [0.25, 0.3) is 0 Å². The van der Waals surface area contributed by atoms with Crippen LogP contribution in [0.4, 0.5) is 0 Å². The van der Waals surface area contributed by atoms with Crippen LogP contribution >= 0.6 is 0 Å². The lowest BCUT2D eigenvalue weighted by molar-refractivity contribution is -0.124. The van der Waals surface area contributed by atoms with E-state index in [-0.39, 0.29) is 12.5 Å². The molecule has 0 aromatic carbocycles. The first-order chi connectivity index (χ1) is 9.78. The maximum absolute atomic E-state index is 12.3. The maximum atomic E-state index is 12.3. The molecule has 0 bridgehead atoms. The second-order valence-corrected chi connectivity index (χ2v) is 6.90. The molecule has 0 unspecified atom stereocenters. The highest BCUT2D eigenvalue weighted by Crippen LogP contribution is 2.44. The molecule has 20 heavy (non-hydrogen) atoms. The van der Waals surface area contributed by atoms with E-state index >= 15 is 0 Å². The Hall–Kier alpha value is -0.610. The zero-order valence-electron chi connectivity index (χ0n) is 12.4. The molecule has 3 fully saturated rings. The van der Waals surface area contributed by atoms with Gasteiger partial charge in [0.05, 0.1) is 6.54 Å². The molecule has 3 aliphatic rings. The number of hydrogen-bond donors (Lipinski definition) is 2. The molecule has 3 rings (SSSR count). The van der Waals surface area contributed by atoms with Crippen molar-refractivity contribution in [3.63, 3.8) is 0 Å². The molecule has 1 atom stereocenters. The lowest BCUT2D eigenvalue weighted by atomic mass is 9.99. The van der Waals surface area contributed by atoms with Crippen LogP contribution < -0.4 is 5.32 Å². The topological polar surface area (TPSA) is 52.6 Å². The van der Waals surface area contributed by atoms with Crippen molar-refractivity contribution >= 4 is 5.91 Å². The Morgan fingerprint density at radius 1 is 1.15 bits per heavy atom. The van der Waals surface area contributed by atoms with Gasteiger partial charge in [-0.1, -0.05) is 6.42 Å². The Bertz CT molecular complexity index is 325. The minimum atomic E-state index is 0.207. The van der Waals surface area contributed by atoms with Gasteiger partial charge in [0.2, 0.25) is 5.91 Å². The van der Waals surface area contributed by atoms with Gasteiger partial charge in [0.1, 0.15) is 0 Å². The Kier molecular flexibility index (Phi) is 4.61. The maximum Gasteiger partial charge on any atom is 0.234 e. The summed E-state index contributed by atoms with van der Waals surface area (Å²) < 4.78 is 0. The zero-order chi connectivity index (χ0) is 13.9. The molecule has 0 aromatic rings. The van der Waals surface area contributed by atoms with Crippen LogP contribution in [0.2, 0.25) is 0 Å². The standard InChI is InChI=1S/C16H28N2O2/c19-10-8-14-3-1-2-9-18(14)11-15(20)17-16(12-4-5-12)13-6-7-13/h12-14,16,19H,1-11H2,(H,17,20)/t14-/m0/s1. The van der Waals surface area contributed by atoms with Gasteiger partial charge in [-0.15, -0.1) is 0 Å². The van der Waals surface area contributed by atoms with Gasteiger partial charge in [-0.05, 0) is 63.3 Å². The molecule has 2 aliphatic carbocycles. The zero-order valence-corrected chi connectivity index (χ0v) is 12.4. The van der Waals surface area contributed by atoms with Crippen molar-refractivity contribution in [3.05, 3.63) is 0 Å². The van der Waals surface area contributed by atoms with E-state index < -0.39 is 0 Å². The number of likely N-dealkylation sites (tertiary alicyclic amines) is 1. The van der Waals surface area contributed by atoms with Crippen LogP contribution in [-0.4, -0.2) is 47.7 Å². The van der Waals surface area contributed by atoms with E-state index in [0.717, 1.165) is 31.2 Å². The van der Waals surface area contributed by atoms with Gasteiger partial charge in [-0.3, -0.25) is 9.69 Å². The Labute approximate surface area is 121 Å². The van der Waals surface area contributed by atoms with Gasteiger partial charge in [0.15, 0.2) is 0 Å². The van der Waals surface area contributed by atoms with Gasteiger partial charge < -0.3 is 10.4 Å². The van der Waals surface area contributed by atoms with Crippen molar-refractivity contribution in [2.75, 3.05) is 19.7 Å². The van der Waals surface area contributed by atoms with E-state index in [1.807, 2.05) is 0 Å². The van der Waals surface area contributed by atoms with Crippen molar-refractivity contribution in [2.24, 2.45) is 11.8 Å². The molecule has 2 N–H and O–H groups in total. The van der Waals surface area contributed by atoms with Gasteiger partial charge >= 0.3 is 0 Å². The normalized spacial score (nSPS) is 27.8. The average molecular weight is 280 g/mol.